The molecular formula is C13H24ClN3OS. The molecular weight excluding hydrogens is 282 g/mol. The average Bonchev–Trinajstić information content (AvgIpc) is 2.95. The van der Waals surface area contributed by atoms with Gasteiger partial charge in [0.2, 0.25) is 5.89 Å². The molecule has 1 unspecified atom stereocenters. The first kappa shape index (κ1) is 16.8. The molecule has 1 heterocycles. The summed E-state index contributed by atoms with van der Waals surface area (Å²) in [6.45, 7) is 6.52. The molecule has 1 fully saturated rings. The molecule has 0 radical (unpaired) electrons. The lowest BCUT2D eigenvalue weighted by atomic mass is 9.98. The molecule has 1 aromatic rings. The van der Waals surface area contributed by atoms with Gasteiger partial charge in [0.05, 0.1) is 10.8 Å². The van der Waals surface area contributed by atoms with Crippen LogP contribution in [0.5, 0.6) is 0 Å². The van der Waals surface area contributed by atoms with E-state index in [0.29, 0.717) is 11.7 Å². The monoisotopic (exact) mass is 305 g/mol. The van der Waals surface area contributed by atoms with Crippen LogP contribution < -0.4 is 5.73 Å². The normalized spacial score (nSPS) is 19.4. The molecule has 6 heteroatoms. The average molecular weight is 306 g/mol. The van der Waals surface area contributed by atoms with Crippen molar-refractivity contribution in [3.05, 3.63) is 11.7 Å². The number of hydrogen-bond acceptors (Lipinski definition) is 5. The van der Waals surface area contributed by atoms with E-state index in [0.717, 1.165) is 37.3 Å². The Morgan fingerprint density at radius 1 is 1.37 bits per heavy atom. The summed E-state index contributed by atoms with van der Waals surface area (Å²) < 4.78 is 5.46. The van der Waals surface area contributed by atoms with E-state index in [2.05, 4.69) is 30.9 Å². The number of nitrogens with two attached hydrogens (primary N) is 1. The molecule has 0 bridgehead atoms. The highest BCUT2D eigenvalue weighted by Crippen LogP contribution is 2.38. The van der Waals surface area contributed by atoms with Gasteiger partial charge >= 0.3 is 0 Å². The van der Waals surface area contributed by atoms with Crippen LogP contribution in [0.3, 0.4) is 0 Å². The van der Waals surface area contributed by atoms with Crippen molar-refractivity contribution in [2.75, 3.05) is 5.75 Å². The molecule has 1 aliphatic rings. The van der Waals surface area contributed by atoms with E-state index >= 15 is 0 Å². The van der Waals surface area contributed by atoms with Crippen molar-refractivity contribution in [1.82, 2.24) is 10.1 Å². The predicted molar refractivity (Wildman–Crippen MR) is 81.6 cm³/mol. The second kappa shape index (κ2) is 6.95. The minimum absolute atomic E-state index is 0. The van der Waals surface area contributed by atoms with E-state index in [4.69, 9.17) is 10.3 Å². The Hall–Kier alpha value is -0.260. The van der Waals surface area contributed by atoms with Crippen molar-refractivity contribution in [3.8, 4) is 0 Å². The second-order valence-electron chi connectivity index (χ2n) is 5.44. The fourth-order valence-electron chi connectivity index (χ4n) is 2.51. The highest BCUT2D eigenvalue weighted by atomic mass is 35.5. The van der Waals surface area contributed by atoms with Gasteiger partial charge in [-0.25, -0.2) is 0 Å². The van der Waals surface area contributed by atoms with Crippen molar-refractivity contribution in [1.29, 1.82) is 0 Å². The van der Waals surface area contributed by atoms with Crippen molar-refractivity contribution in [2.45, 2.75) is 57.2 Å². The molecule has 1 aromatic heterocycles. The van der Waals surface area contributed by atoms with E-state index in [1.807, 2.05) is 11.8 Å². The number of halogens is 1. The van der Waals surface area contributed by atoms with Crippen LogP contribution in [-0.2, 0) is 5.54 Å². The van der Waals surface area contributed by atoms with E-state index in [-0.39, 0.29) is 23.2 Å². The van der Waals surface area contributed by atoms with E-state index in [9.17, 15) is 0 Å². The molecule has 19 heavy (non-hydrogen) atoms. The van der Waals surface area contributed by atoms with Crippen LogP contribution in [0.2, 0.25) is 0 Å². The van der Waals surface area contributed by atoms with Crippen LogP contribution >= 0.6 is 24.2 Å². The molecule has 1 aliphatic carbocycles. The molecule has 0 amide bonds. The summed E-state index contributed by atoms with van der Waals surface area (Å²) in [6.07, 6.45) is 4.27. The summed E-state index contributed by atoms with van der Waals surface area (Å²) in [7, 11) is 0. The molecule has 2 N–H and O–H groups in total. The molecule has 4 nitrogen and oxygen atoms in total. The maximum atomic E-state index is 6.35. The Bertz CT molecular complexity index is 391. The molecule has 1 atom stereocenters. The quantitative estimate of drug-likeness (QED) is 0.899. The van der Waals surface area contributed by atoms with Gasteiger partial charge in [-0.05, 0) is 24.5 Å². The summed E-state index contributed by atoms with van der Waals surface area (Å²) in [5, 5.41) is 4.41. The van der Waals surface area contributed by atoms with Crippen LogP contribution in [0.25, 0.3) is 0 Å². The van der Waals surface area contributed by atoms with Gasteiger partial charge in [-0.3, -0.25) is 0 Å². The predicted octanol–water partition coefficient (Wildman–Crippen LogP) is 3.67. The minimum atomic E-state index is -0.347. The van der Waals surface area contributed by atoms with Crippen molar-refractivity contribution in [2.24, 2.45) is 11.7 Å². The summed E-state index contributed by atoms with van der Waals surface area (Å²) in [4.78, 5) is 4.58. The Balaban J connectivity index is 0.00000180. The number of aromatic nitrogens is 2. The number of thioether (sulfide) groups is 1. The summed E-state index contributed by atoms with van der Waals surface area (Å²) in [5.74, 6) is 2.98. The zero-order chi connectivity index (χ0) is 13.2. The number of hydrogen-bond donors (Lipinski definition) is 1. The fourth-order valence-corrected chi connectivity index (χ4v) is 3.49. The van der Waals surface area contributed by atoms with Gasteiger partial charge in [0, 0.05) is 0 Å². The lowest BCUT2D eigenvalue weighted by Crippen LogP contribution is -2.34. The lowest BCUT2D eigenvalue weighted by molar-refractivity contribution is 0.338. The smallest absolute Gasteiger partial charge is 0.240 e. The van der Waals surface area contributed by atoms with Crippen molar-refractivity contribution < 1.29 is 4.52 Å². The van der Waals surface area contributed by atoms with E-state index in [1.165, 1.54) is 0 Å². The van der Waals surface area contributed by atoms with Crippen LogP contribution in [0.4, 0.5) is 0 Å². The standard InChI is InChI=1S/C13H23N3OS.ClH/c1-4-18-10(9(2)3)11-15-12(16-17-11)13(14)7-5-6-8-13;/h9-10H,4-8,14H2,1-3H3;1H. The summed E-state index contributed by atoms with van der Waals surface area (Å²) in [6, 6.07) is 0. The van der Waals surface area contributed by atoms with Gasteiger partial charge < -0.3 is 10.3 Å². The van der Waals surface area contributed by atoms with Gasteiger partial charge in [-0.1, -0.05) is 38.8 Å². The Kier molecular flexibility index (Phi) is 6.15. The molecule has 0 spiro atoms. The third kappa shape index (κ3) is 3.64. The van der Waals surface area contributed by atoms with E-state index in [1.54, 1.807) is 0 Å². The van der Waals surface area contributed by atoms with Crippen LogP contribution in [0, 0.1) is 5.92 Å². The van der Waals surface area contributed by atoms with E-state index < -0.39 is 0 Å². The molecule has 0 aromatic carbocycles. The lowest BCUT2D eigenvalue weighted by Gasteiger charge is -2.18. The van der Waals surface area contributed by atoms with Gasteiger partial charge in [-0.2, -0.15) is 4.98 Å². The van der Waals surface area contributed by atoms with Gasteiger partial charge in [0.1, 0.15) is 0 Å². The molecule has 0 saturated heterocycles. The maximum Gasteiger partial charge on any atom is 0.240 e. The van der Waals surface area contributed by atoms with Crippen molar-refractivity contribution >= 4 is 24.2 Å². The minimum Gasteiger partial charge on any atom is -0.338 e. The summed E-state index contributed by atoms with van der Waals surface area (Å²) in [5.41, 5.74) is 6.01. The second-order valence-corrected chi connectivity index (χ2v) is 6.86. The highest BCUT2D eigenvalue weighted by molar-refractivity contribution is 7.99. The first-order valence-electron chi connectivity index (χ1n) is 6.81. The van der Waals surface area contributed by atoms with Crippen LogP contribution in [0.1, 0.15) is 63.4 Å². The highest BCUT2D eigenvalue weighted by Gasteiger charge is 2.37. The zero-order valence-electron chi connectivity index (χ0n) is 11.9. The molecule has 0 aliphatic heterocycles. The van der Waals surface area contributed by atoms with Gasteiger partial charge in [0.25, 0.3) is 0 Å². The first-order valence-corrected chi connectivity index (χ1v) is 7.86. The zero-order valence-corrected chi connectivity index (χ0v) is 13.5. The van der Waals surface area contributed by atoms with Crippen molar-refractivity contribution in [3.63, 3.8) is 0 Å². The third-order valence-corrected chi connectivity index (χ3v) is 5.02. The first-order chi connectivity index (χ1) is 8.57. The summed E-state index contributed by atoms with van der Waals surface area (Å²) >= 11 is 1.86. The Labute approximate surface area is 125 Å². The molecule has 110 valence electrons. The van der Waals surface area contributed by atoms with Crippen LogP contribution in [-0.4, -0.2) is 15.9 Å². The Morgan fingerprint density at radius 3 is 2.53 bits per heavy atom. The Morgan fingerprint density at radius 2 is 2.00 bits per heavy atom. The fraction of sp³-hybridized carbons (Fsp3) is 0.846. The number of rotatable bonds is 5. The van der Waals surface area contributed by atoms with Crippen LogP contribution in [0.15, 0.2) is 4.52 Å². The molecule has 1 saturated carbocycles. The topological polar surface area (TPSA) is 64.9 Å². The molecule has 2 rings (SSSR count). The number of nitrogens with zero attached hydrogens (tertiary/aromatic N) is 2. The third-order valence-electron chi connectivity index (χ3n) is 3.58. The maximum absolute atomic E-state index is 6.35. The SMILES string of the molecule is CCSC(c1nc(C2(N)CCCC2)no1)C(C)C.Cl. The van der Waals surface area contributed by atoms with Gasteiger partial charge in [-0.15, -0.1) is 24.2 Å². The van der Waals surface area contributed by atoms with Gasteiger partial charge in [0.15, 0.2) is 5.82 Å². The largest absolute Gasteiger partial charge is 0.338 e.